The van der Waals surface area contributed by atoms with Gasteiger partial charge in [-0.15, -0.1) is 0 Å². The molecule has 1 amide bonds. The van der Waals surface area contributed by atoms with Crippen LogP contribution >= 0.6 is 0 Å². The van der Waals surface area contributed by atoms with Crippen molar-refractivity contribution in [3.05, 3.63) is 23.8 Å². The number of carboxylic acids is 1. The van der Waals surface area contributed by atoms with Gasteiger partial charge in [0.2, 0.25) is 5.91 Å². The Balaban J connectivity index is 2.10. The third kappa shape index (κ3) is 1.95. The minimum absolute atomic E-state index is 0.0805. The van der Waals surface area contributed by atoms with E-state index in [-0.39, 0.29) is 17.5 Å². The SMILES string of the molecule is O=C(O)c1cccc2c1NC(=O)C1CCCCCN21. The van der Waals surface area contributed by atoms with Crippen LogP contribution in [-0.4, -0.2) is 29.6 Å². The standard InChI is InChI=1S/C14H16N2O3/c17-13-11-6-2-1-3-8-16(11)10-7-4-5-9(14(18)19)12(10)15-13/h4-5,7,11H,1-3,6,8H2,(H,15,17)(H,18,19). The van der Waals surface area contributed by atoms with Crippen molar-refractivity contribution in [2.45, 2.75) is 31.7 Å². The second kappa shape index (κ2) is 4.57. The molecule has 2 N–H and O–H groups in total. The summed E-state index contributed by atoms with van der Waals surface area (Å²) in [5, 5.41) is 12.0. The number of aromatic carboxylic acids is 1. The Bertz CT molecular complexity index is 541. The molecule has 1 unspecified atom stereocenters. The molecular formula is C14H16N2O3. The molecule has 0 aliphatic carbocycles. The average molecular weight is 260 g/mol. The second-order valence-electron chi connectivity index (χ2n) is 5.05. The van der Waals surface area contributed by atoms with Crippen LogP contribution < -0.4 is 10.2 Å². The lowest BCUT2D eigenvalue weighted by molar-refractivity contribution is -0.117. The van der Waals surface area contributed by atoms with E-state index >= 15 is 0 Å². The van der Waals surface area contributed by atoms with Crippen LogP contribution in [0.25, 0.3) is 0 Å². The number of nitrogens with zero attached hydrogens (tertiary/aromatic N) is 1. The smallest absolute Gasteiger partial charge is 0.337 e. The predicted octanol–water partition coefficient (Wildman–Crippen LogP) is 2.09. The monoisotopic (exact) mass is 260 g/mol. The lowest BCUT2D eigenvalue weighted by atomic mass is 10.0. The number of nitrogens with one attached hydrogen (secondary N) is 1. The molecule has 100 valence electrons. The zero-order valence-electron chi connectivity index (χ0n) is 10.6. The highest BCUT2D eigenvalue weighted by Crippen LogP contribution is 2.37. The van der Waals surface area contributed by atoms with Crippen molar-refractivity contribution in [3.8, 4) is 0 Å². The summed E-state index contributed by atoms with van der Waals surface area (Å²) >= 11 is 0. The van der Waals surface area contributed by atoms with Gasteiger partial charge in [-0.05, 0) is 25.0 Å². The average Bonchev–Trinajstić information content (AvgIpc) is 2.64. The van der Waals surface area contributed by atoms with E-state index < -0.39 is 5.97 Å². The number of para-hydroxylation sites is 1. The van der Waals surface area contributed by atoms with E-state index in [1.165, 1.54) is 6.07 Å². The van der Waals surface area contributed by atoms with Crippen LogP contribution in [0.3, 0.4) is 0 Å². The molecule has 0 radical (unpaired) electrons. The summed E-state index contributed by atoms with van der Waals surface area (Å²) in [4.78, 5) is 25.5. The van der Waals surface area contributed by atoms with Gasteiger partial charge in [-0.3, -0.25) is 4.79 Å². The molecule has 5 heteroatoms. The third-order valence-corrected chi connectivity index (χ3v) is 3.89. The maximum absolute atomic E-state index is 12.2. The summed E-state index contributed by atoms with van der Waals surface area (Å²) in [6.45, 7) is 0.814. The zero-order valence-corrected chi connectivity index (χ0v) is 10.6. The number of rotatable bonds is 1. The van der Waals surface area contributed by atoms with Crippen LogP contribution in [0.4, 0.5) is 11.4 Å². The Labute approximate surface area is 111 Å². The number of benzene rings is 1. The molecule has 1 aromatic rings. The fourth-order valence-electron chi connectivity index (χ4n) is 2.96. The molecule has 0 saturated carbocycles. The largest absolute Gasteiger partial charge is 0.478 e. The number of amides is 1. The molecule has 2 aliphatic heterocycles. The van der Waals surface area contributed by atoms with E-state index in [1.807, 2.05) is 6.07 Å². The van der Waals surface area contributed by atoms with Gasteiger partial charge >= 0.3 is 5.97 Å². The molecule has 0 bridgehead atoms. The topological polar surface area (TPSA) is 69.6 Å². The van der Waals surface area contributed by atoms with Gasteiger partial charge in [0.05, 0.1) is 16.9 Å². The second-order valence-corrected chi connectivity index (χ2v) is 5.05. The summed E-state index contributed by atoms with van der Waals surface area (Å²) in [7, 11) is 0. The first-order chi connectivity index (χ1) is 9.18. The van der Waals surface area contributed by atoms with Crippen molar-refractivity contribution in [2.75, 3.05) is 16.8 Å². The molecule has 19 heavy (non-hydrogen) atoms. The number of hydrogen-bond acceptors (Lipinski definition) is 3. The highest BCUT2D eigenvalue weighted by Gasteiger charge is 2.35. The van der Waals surface area contributed by atoms with Crippen LogP contribution in [-0.2, 0) is 4.79 Å². The van der Waals surface area contributed by atoms with E-state index in [0.29, 0.717) is 5.69 Å². The van der Waals surface area contributed by atoms with E-state index in [1.54, 1.807) is 6.07 Å². The van der Waals surface area contributed by atoms with Crippen LogP contribution in [0.1, 0.15) is 36.0 Å². The van der Waals surface area contributed by atoms with Crippen molar-refractivity contribution < 1.29 is 14.7 Å². The van der Waals surface area contributed by atoms with Gasteiger partial charge in [-0.25, -0.2) is 4.79 Å². The van der Waals surface area contributed by atoms with Crippen molar-refractivity contribution in [2.24, 2.45) is 0 Å². The van der Waals surface area contributed by atoms with Gasteiger partial charge in [0.1, 0.15) is 6.04 Å². The third-order valence-electron chi connectivity index (χ3n) is 3.89. The number of hydrogen-bond donors (Lipinski definition) is 2. The Kier molecular flexibility index (Phi) is 2.89. The molecule has 1 fully saturated rings. The number of carbonyl (C=O) groups excluding carboxylic acids is 1. The summed E-state index contributed by atoms with van der Waals surface area (Å²) in [6, 6.07) is 5.00. The quantitative estimate of drug-likeness (QED) is 0.811. The predicted molar refractivity (Wildman–Crippen MR) is 71.6 cm³/mol. The van der Waals surface area contributed by atoms with E-state index in [0.717, 1.165) is 37.9 Å². The maximum Gasteiger partial charge on any atom is 0.337 e. The van der Waals surface area contributed by atoms with E-state index in [9.17, 15) is 14.7 Å². The summed E-state index contributed by atoms with van der Waals surface area (Å²) in [5.41, 5.74) is 1.44. The first-order valence-corrected chi connectivity index (χ1v) is 6.62. The zero-order chi connectivity index (χ0) is 13.4. The Morgan fingerprint density at radius 2 is 2.16 bits per heavy atom. The lowest BCUT2D eigenvalue weighted by Gasteiger charge is -2.37. The van der Waals surface area contributed by atoms with Crippen molar-refractivity contribution in [1.29, 1.82) is 0 Å². The van der Waals surface area contributed by atoms with Gasteiger partial charge in [-0.2, -0.15) is 0 Å². The molecule has 1 atom stereocenters. The first kappa shape index (κ1) is 12.0. The highest BCUT2D eigenvalue weighted by atomic mass is 16.4. The molecule has 1 saturated heterocycles. The number of carbonyl (C=O) groups is 2. The molecule has 3 rings (SSSR count). The van der Waals surface area contributed by atoms with Crippen molar-refractivity contribution >= 4 is 23.3 Å². The van der Waals surface area contributed by atoms with Gasteiger partial charge in [0.15, 0.2) is 0 Å². The van der Waals surface area contributed by atoms with Gasteiger partial charge in [0.25, 0.3) is 0 Å². The van der Waals surface area contributed by atoms with Gasteiger partial charge < -0.3 is 15.3 Å². The minimum Gasteiger partial charge on any atom is -0.478 e. The fourth-order valence-corrected chi connectivity index (χ4v) is 2.96. The summed E-state index contributed by atoms with van der Waals surface area (Å²) in [5.74, 6) is -1.09. The molecule has 5 nitrogen and oxygen atoms in total. The Morgan fingerprint density at radius 3 is 2.95 bits per heavy atom. The lowest BCUT2D eigenvalue weighted by Crippen LogP contribution is -2.48. The molecular weight excluding hydrogens is 244 g/mol. The van der Waals surface area contributed by atoms with Gasteiger partial charge in [0, 0.05) is 6.54 Å². The van der Waals surface area contributed by atoms with Crippen LogP contribution in [0.2, 0.25) is 0 Å². The minimum atomic E-state index is -1.01. The van der Waals surface area contributed by atoms with Gasteiger partial charge in [-0.1, -0.05) is 18.9 Å². The number of fused-ring (bicyclic) bond motifs is 3. The van der Waals surface area contributed by atoms with Crippen LogP contribution in [0.15, 0.2) is 18.2 Å². The van der Waals surface area contributed by atoms with Crippen molar-refractivity contribution in [3.63, 3.8) is 0 Å². The molecule has 0 spiro atoms. The Hall–Kier alpha value is -2.04. The molecule has 2 heterocycles. The van der Waals surface area contributed by atoms with E-state index in [4.69, 9.17) is 0 Å². The van der Waals surface area contributed by atoms with Crippen LogP contribution in [0, 0.1) is 0 Å². The molecule has 1 aromatic carbocycles. The van der Waals surface area contributed by atoms with Crippen molar-refractivity contribution in [1.82, 2.24) is 0 Å². The summed E-state index contributed by atoms with van der Waals surface area (Å²) < 4.78 is 0. The first-order valence-electron chi connectivity index (χ1n) is 6.62. The summed E-state index contributed by atoms with van der Waals surface area (Å²) in [6.07, 6.45) is 4.04. The number of carboxylic acid groups (broad SMARTS) is 1. The van der Waals surface area contributed by atoms with E-state index in [2.05, 4.69) is 10.2 Å². The Morgan fingerprint density at radius 1 is 1.32 bits per heavy atom. The highest BCUT2D eigenvalue weighted by molar-refractivity contribution is 6.09. The van der Waals surface area contributed by atoms with Crippen LogP contribution in [0.5, 0.6) is 0 Å². The maximum atomic E-state index is 12.2. The normalized spacial score (nSPS) is 22.0. The molecule has 2 aliphatic rings. The fraction of sp³-hybridized carbons (Fsp3) is 0.429. The molecule has 0 aromatic heterocycles. The number of anilines is 2.